The number of nitrogens with one attached hydrogen (secondary N) is 2. The van der Waals surface area contributed by atoms with Crippen molar-refractivity contribution in [1.29, 1.82) is 0 Å². The molecule has 1 aromatic heterocycles. The number of aromatic amines is 1. The number of rotatable bonds is 5. The van der Waals surface area contributed by atoms with Gasteiger partial charge >= 0.3 is 5.97 Å². The van der Waals surface area contributed by atoms with Crippen LogP contribution < -0.4 is 5.32 Å². The minimum absolute atomic E-state index is 0.113. The Morgan fingerprint density at radius 2 is 2.10 bits per heavy atom. The first-order chi connectivity index (χ1) is 9.88. The Morgan fingerprint density at radius 3 is 2.76 bits per heavy atom. The lowest BCUT2D eigenvalue weighted by Gasteiger charge is -2.17. The summed E-state index contributed by atoms with van der Waals surface area (Å²) < 4.78 is 13.1. The summed E-state index contributed by atoms with van der Waals surface area (Å²) >= 11 is 0. The normalized spacial score (nSPS) is 13.9. The van der Waals surface area contributed by atoms with Crippen LogP contribution in [0.5, 0.6) is 0 Å². The molecule has 2 rings (SSSR count). The van der Waals surface area contributed by atoms with Gasteiger partial charge in [0, 0.05) is 23.1 Å². The molecular weight excluding hydrogens is 275 g/mol. The van der Waals surface area contributed by atoms with Crippen molar-refractivity contribution in [2.45, 2.75) is 26.3 Å². The molecule has 112 valence electrons. The van der Waals surface area contributed by atoms with E-state index >= 15 is 0 Å². The summed E-state index contributed by atoms with van der Waals surface area (Å²) in [5.74, 6) is -2.22. The topological polar surface area (TPSA) is 82.2 Å². The molecule has 0 spiro atoms. The number of H-pyrrole nitrogens is 1. The smallest absolute Gasteiger partial charge is 0.308 e. The highest BCUT2D eigenvalue weighted by atomic mass is 19.1. The summed E-state index contributed by atoms with van der Waals surface area (Å²) in [6, 6.07) is 3.86. The molecule has 1 heterocycles. The number of halogens is 1. The number of hydrogen-bond acceptors (Lipinski definition) is 2. The molecule has 0 fully saturated rings. The van der Waals surface area contributed by atoms with Gasteiger partial charge in [-0.15, -0.1) is 0 Å². The van der Waals surface area contributed by atoms with Crippen LogP contribution in [0.3, 0.4) is 0 Å². The third-order valence-electron chi connectivity index (χ3n) is 3.61. The predicted octanol–water partition coefficient (Wildman–Crippen LogP) is 2.07. The van der Waals surface area contributed by atoms with E-state index in [0.29, 0.717) is 5.52 Å². The van der Waals surface area contributed by atoms with E-state index in [1.807, 2.05) is 0 Å². The van der Waals surface area contributed by atoms with Crippen molar-refractivity contribution in [3.05, 3.63) is 35.8 Å². The van der Waals surface area contributed by atoms with E-state index in [2.05, 4.69) is 10.3 Å². The molecule has 0 aliphatic carbocycles. The lowest BCUT2D eigenvalue weighted by atomic mass is 10.0. The Labute approximate surface area is 121 Å². The largest absolute Gasteiger partial charge is 0.481 e. The second kappa shape index (κ2) is 5.95. The van der Waals surface area contributed by atoms with Crippen molar-refractivity contribution in [2.24, 2.45) is 5.92 Å². The van der Waals surface area contributed by atoms with E-state index in [1.54, 1.807) is 26.1 Å². The first kappa shape index (κ1) is 15.0. The number of carbonyl (C=O) groups is 2. The molecule has 0 radical (unpaired) electrons. The number of aliphatic carboxylic acids is 1. The number of carboxylic acid groups (broad SMARTS) is 1. The zero-order valence-electron chi connectivity index (χ0n) is 11.8. The van der Waals surface area contributed by atoms with Crippen LogP contribution >= 0.6 is 0 Å². The van der Waals surface area contributed by atoms with Crippen LogP contribution in [0.2, 0.25) is 0 Å². The number of fused-ring (bicyclic) bond motifs is 1. The number of carboxylic acids is 1. The van der Waals surface area contributed by atoms with Gasteiger partial charge in [0.05, 0.1) is 12.3 Å². The minimum Gasteiger partial charge on any atom is -0.481 e. The number of benzene rings is 1. The number of hydrogen-bond donors (Lipinski definition) is 3. The molecule has 0 bridgehead atoms. The first-order valence-electron chi connectivity index (χ1n) is 6.66. The van der Waals surface area contributed by atoms with Gasteiger partial charge in [0.25, 0.3) is 0 Å². The van der Waals surface area contributed by atoms with Crippen LogP contribution in [0.25, 0.3) is 10.9 Å². The standard InChI is InChI=1S/C15H17FN2O3/c1-8(15(20)21)9(2)18-14(19)5-10-7-17-13-6-11(16)3-4-12(10)13/h3-4,6-9,17H,5H2,1-2H3,(H,18,19)(H,20,21)/t8-,9+/m0/s1. The maximum absolute atomic E-state index is 13.1. The van der Waals surface area contributed by atoms with Crippen LogP contribution in [0.1, 0.15) is 19.4 Å². The van der Waals surface area contributed by atoms with Crippen LogP contribution in [0.4, 0.5) is 4.39 Å². The van der Waals surface area contributed by atoms with Crippen LogP contribution in [0.15, 0.2) is 24.4 Å². The van der Waals surface area contributed by atoms with E-state index in [9.17, 15) is 14.0 Å². The minimum atomic E-state index is -0.953. The second-order valence-electron chi connectivity index (χ2n) is 5.16. The molecule has 21 heavy (non-hydrogen) atoms. The van der Waals surface area contributed by atoms with Crippen molar-refractivity contribution in [3.8, 4) is 0 Å². The lowest BCUT2D eigenvalue weighted by molar-refractivity contribution is -0.142. The van der Waals surface area contributed by atoms with Gasteiger partial charge in [0.15, 0.2) is 0 Å². The molecule has 5 nitrogen and oxygen atoms in total. The highest BCUT2D eigenvalue weighted by Gasteiger charge is 2.21. The number of amides is 1. The Morgan fingerprint density at radius 1 is 1.38 bits per heavy atom. The van der Waals surface area contributed by atoms with E-state index < -0.39 is 17.9 Å². The molecule has 0 saturated heterocycles. The van der Waals surface area contributed by atoms with Gasteiger partial charge < -0.3 is 15.4 Å². The average molecular weight is 292 g/mol. The maximum atomic E-state index is 13.1. The van der Waals surface area contributed by atoms with Gasteiger partial charge in [-0.3, -0.25) is 9.59 Å². The highest BCUT2D eigenvalue weighted by Crippen LogP contribution is 2.19. The quantitative estimate of drug-likeness (QED) is 0.789. The van der Waals surface area contributed by atoms with Crippen molar-refractivity contribution < 1.29 is 19.1 Å². The SMILES string of the molecule is C[C@H](C(=O)O)[C@@H](C)NC(=O)Cc1c[nH]c2cc(F)ccc12. The summed E-state index contributed by atoms with van der Waals surface area (Å²) in [5.41, 5.74) is 1.38. The summed E-state index contributed by atoms with van der Waals surface area (Å²) in [5, 5.41) is 12.3. The fourth-order valence-corrected chi connectivity index (χ4v) is 2.12. The van der Waals surface area contributed by atoms with Crippen molar-refractivity contribution in [1.82, 2.24) is 10.3 Å². The van der Waals surface area contributed by atoms with Crippen molar-refractivity contribution in [2.75, 3.05) is 0 Å². The van der Waals surface area contributed by atoms with Crippen LogP contribution in [0, 0.1) is 11.7 Å². The molecule has 2 aromatic rings. The van der Waals surface area contributed by atoms with Crippen LogP contribution in [-0.2, 0) is 16.0 Å². The zero-order valence-corrected chi connectivity index (χ0v) is 11.8. The summed E-state index contributed by atoms with van der Waals surface area (Å²) in [6.07, 6.45) is 1.78. The highest BCUT2D eigenvalue weighted by molar-refractivity contribution is 5.89. The predicted molar refractivity (Wildman–Crippen MR) is 76.4 cm³/mol. The number of carbonyl (C=O) groups excluding carboxylic acids is 1. The summed E-state index contributed by atoms with van der Waals surface area (Å²) in [4.78, 5) is 25.7. The third kappa shape index (κ3) is 3.39. The Balaban J connectivity index is 2.06. The van der Waals surface area contributed by atoms with Crippen LogP contribution in [-0.4, -0.2) is 28.0 Å². The van der Waals surface area contributed by atoms with Gasteiger partial charge in [-0.1, -0.05) is 0 Å². The molecule has 1 amide bonds. The van der Waals surface area contributed by atoms with Gasteiger partial charge in [-0.25, -0.2) is 4.39 Å². The molecule has 1 aromatic carbocycles. The number of aromatic nitrogens is 1. The molecule has 0 aliphatic heterocycles. The third-order valence-corrected chi connectivity index (χ3v) is 3.61. The second-order valence-corrected chi connectivity index (χ2v) is 5.16. The molecule has 6 heteroatoms. The Kier molecular flexibility index (Phi) is 4.26. The average Bonchev–Trinajstić information content (AvgIpc) is 2.79. The molecular formula is C15H17FN2O3. The fraction of sp³-hybridized carbons (Fsp3) is 0.333. The lowest BCUT2D eigenvalue weighted by Crippen LogP contribution is -2.40. The molecule has 3 N–H and O–H groups in total. The monoisotopic (exact) mass is 292 g/mol. The molecule has 2 atom stereocenters. The fourth-order valence-electron chi connectivity index (χ4n) is 2.12. The summed E-state index contributed by atoms with van der Waals surface area (Å²) in [6.45, 7) is 3.20. The van der Waals surface area contributed by atoms with Crippen molar-refractivity contribution in [3.63, 3.8) is 0 Å². The van der Waals surface area contributed by atoms with Gasteiger partial charge in [-0.05, 0) is 37.6 Å². The van der Waals surface area contributed by atoms with E-state index in [0.717, 1.165) is 10.9 Å². The van der Waals surface area contributed by atoms with E-state index in [-0.39, 0.29) is 18.1 Å². The first-order valence-corrected chi connectivity index (χ1v) is 6.66. The Hall–Kier alpha value is -2.37. The molecule has 0 unspecified atom stereocenters. The van der Waals surface area contributed by atoms with E-state index in [4.69, 9.17) is 5.11 Å². The van der Waals surface area contributed by atoms with E-state index in [1.165, 1.54) is 12.1 Å². The zero-order chi connectivity index (χ0) is 15.6. The van der Waals surface area contributed by atoms with Gasteiger partial charge in [0.2, 0.25) is 5.91 Å². The molecule has 0 saturated carbocycles. The Bertz CT molecular complexity index is 681. The van der Waals surface area contributed by atoms with Crippen molar-refractivity contribution >= 4 is 22.8 Å². The molecule has 0 aliphatic rings. The van der Waals surface area contributed by atoms with Gasteiger partial charge in [-0.2, -0.15) is 0 Å². The van der Waals surface area contributed by atoms with Gasteiger partial charge in [0.1, 0.15) is 5.82 Å². The summed E-state index contributed by atoms with van der Waals surface area (Å²) in [7, 11) is 0. The maximum Gasteiger partial charge on any atom is 0.308 e.